The number of amides is 1. The van der Waals surface area contributed by atoms with Gasteiger partial charge in [-0.15, -0.1) is 0 Å². The zero-order valence-corrected chi connectivity index (χ0v) is 13.9. The Hall–Kier alpha value is -0.660. The van der Waals surface area contributed by atoms with Crippen LogP contribution in [0.1, 0.15) is 32.1 Å². The maximum Gasteiger partial charge on any atom is 0.223 e. The third-order valence-electron chi connectivity index (χ3n) is 5.05. The summed E-state index contributed by atoms with van der Waals surface area (Å²) in [5, 5.41) is 3.39. The lowest BCUT2D eigenvalue weighted by atomic mass is 9.71. The maximum atomic E-state index is 12.2. The molecule has 0 saturated carbocycles. The summed E-state index contributed by atoms with van der Waals surface area (Å²) in [7, 11) is -1.68. The van der Waals surface area contributed by atoms with Crippen LogP contribution in [-0.2, 0) is 14.8 Å². The van der Waals surface area contributed by atoms with Crippen LogP contribution in [0.5, 0.6) is 0 Å². The average molecular weight is 317 g/mol. The van der Waals surface area contributed by atoms with Crippen LogP contribution in [0.15, 0.2) is 0 Å². The molecule has 2 fully saturated rings. The highest BCUT2D eigenvalue weighted by atomic mass is 32.2. The van der Waals surface area contributed by atoms with Gasteiger partial charge in [-0.1, -0.05) is 0 Å². The smallest absolute Gasteiger partial charge is 0.223 e. The van der Waals surface area contributed by atoms with Crippen molar-refractivity contribution in [3.8, 4) is 0 Å². The van der Waals surface area contributed by atoms with Crippen LogP contribution >= 0.6 is 0 Å². The first-order valence-corrected chi connectivity index (χ1v) is 9.57. The molecule has 0 aromatic heterocycles. The van der Waals surface area contributed by atoms with Gasteiger partial charge in [0.15, 0.2) is 0 Å². The number of carbonyl (C=O) groups is 1. The van der Waals surface area contributed by atoms with E-state index in [1.165, 1.54) is 30.5 Å². The topological polar surface area (TPSA) is 69.7 Å². The van der Waals surface area contributed by atoms with Gasteiger partial charge >= 0.3 is 0 Å². The summed E-state index contributed by atoms with van der Waals surface area (Å²) < 4.78 is 23.9. The normalized spacial score (nSPS) is 22.7. The van der Waals surface area contributed by atoms with Crippen LogP contribution < -0.4 is 5.32 Å². The molecule has 122 valence electrons. The van der Waals surface area contributed by atoms with Crippen molar-refractivity contribution < 1.29 is 13.2 Å². The maximum absolute atomic E-state index is 12.2. The zero-order valence-electron chi connectivity index (χ0n) is 13.1. The number of hydrogen-bond donors (Lipinski definition) is 1. The van der Waals surface area contributed by atoms with Gasteiger partial charge in [0.2, 0.25) is 15.9 Å². The molecular formula is C14H27N3O3S. The van der Waals surface area contributed by atoms with Crippen molar-refractivity contribution in [2.75, 3.05) is 46.0 Å². The lowest BCUT2D eigenvalue weighted by Crippen LogP contribution is -2.47. The molecule has 1 N–H and O–H groups in total. The Morgan fingerprint density at radius 2 is 1.76 bits per heavy atom. The first-order valence-electron chi connectivity index (χ1n) is 7.72. The second kappa shape index (κ2) is 6.62. The molecule has 21 heavy (non-hydrogen) atoms. The number of piperidine rings is 2. The van der Waals surface area contributed by atoms with Gasteiger partial charge in [0.25, 0.3) is 0 Å². The lowest BCUT2D eigenvalue weighted by molar-refractivity contribution is -0.133. The molecule has 0 aromatic carbocycles. The standard InChI is InChI=1S/C14H27N3O3S/c1-16(21(2,19)20)10-3-13(18)17-11-6-14(7-12-17)4-8-15-9-5-14/h15H,3-12H2,1-2H3. The Morgan fingerprint density at radius 3 is 2.29 bits per heavy atom. The number of likely N-dealkylation sites (tertiary alicyclic amines) is 1. The monoisotopic (exact) mass is 317 g/mol. The molecular weight excluding hydrogens is 290 g/mol. The fraction of sp³-hybridized carbons (Fsp3) is 0.929. The summed E-state index contributed by atoms with van der Waals surface area (Å²) in [5.74, 6) is 0.0780. The molecule has 2 aliphatic rings. The Morgan fingerprint density at radius 1 is 1.19 bits per heavy atom. The van der Waals surface area contributed by atoms with E-state index in [4.69, 9.17) is 0 Å². The van der Waals surface area contributed by atoms with Gasteiger partial charge in [-0.3, -0.25) is 4.79 Å². The third-order valence-corrected chi connectivity index (χ3v) is 6.36. The number of nitrogens with zero attached hydrogens (tertiary/aromatic N) is 2. The summed E-state index contributed by atoms with van der Waals surface area (Å²) in [6, 6.07) is 0. The highest BCUT2D eigenvalue weighted by Crippen LogP contribution is 2.39. The first-order chi connectivity index (χ1) is 9.82. The molecule has 1 amide bonds. The summed E-state index contributed by atoms with van der Waals surface area (Å²) in [6.07, 6.45) is 6.04. The van der Waals surface area contributed by atoms with E-state index in [-0.39, 0.29) is 18.9 Å². The molecule has 0 radical (unpaired) electrons. The summed E-state index contributed by atoms with van der Waals surface area (Å²) in [5.41, 5.74) is 0.436. The molecule has 2 saturated heterocycles. The zero-order chi connectivity index (χ0) is 15.5. The molecule has 2 rings (SSSR count). The van der Waals surface area contributed by atoms with Crippen molar-refractivity contribution in [2.24, 2.45) is 5.41 Å². The number of carbonyl (C=O) groups excluding carboxylic acids is 1. The Bertz CT molecular complexity index is 462. The van der Waals surface area contributed by atoms with Crippen LogP contribution in [0.3, 0.4) is 0 Å². The number of hydrogen-bond acceptors (Lipinski definition) is 4. The van der Waals surface area contributed by atoms with Gasteiger partial charge in [-0.25, -0.2) is 12.7 Å². The number of rotatable bonds is 4. The van der Waals surface area contributed by atoms with Gasteiger partial charge < -0.3 is 10.2 Å². The molecule has 2 aliphatic heterocycles. The van der Waals surface area contributed by atoms with E-state index >= 15 is 0 Å². The van der Waals surface area contributed by atoms with E-state index in [1.807, 2.05) is 4.90 Å². The number of sulfonamides is 1. The Labute approximate surface area is 127 Å². The highest BCUT2D eigenvalue weighted by molar-refractivity contribution is 7.88. The summed E-state index contributed by atoms with van der Waals surface area (Å²) in [4.78, 5) is 14.1. The van der Waals surface area contributed by atoms with Gasteiger partial charge in [0, 0.05) is 33.1 Å². The van der Waals surface area contributed by atoms with E-state index in [9.17, 15) is 13.2 Å². The average Bonchev–Trinajstić information content (AvgIpc) is 2.45. The second-order valence-electron chi connectivity index (χ2n) is 6.47. The van der Waals surface area contributed by atoms with E-state index < -0.39 is 10.0 Å². The molecule has 0 unspecified atom stereocenters. The van der Waals surface area contributed by atoms with Crippen LogP contribution in [0.4, 0.5) is 0 Å². The minimum absolute atomic E-state index is 0.0780. The third kappa shape index (κ3) is 4.40. The summed E-state index contributed by atoms with van der Waals surface area (Å²) in [6.45, 7) is 4.09. The van der Waals surface area contributed by atoms with Crippen LogP contribution in [0.25, 0.3) is 0 Å². The Balaban J connectivity index is 1.78. The van der Waals surface area contributed by atoms with Gasteiger partial charge in [-0.2, -0.15) is 0 Å². The Kier molecular flexibility index (Phi) is 5.27. The van der Waals surface area contributed by atoms with E-state index in [0.29, 0.717) is 5.41 Å². The van der Waals surface area contributed by atoms with Crippen molar-refractivity contribution in [1.29, 1.82) is 0 Å². The predicted octanol–water partition coefficient (Wildman–Crippen LogP) is 0.260. The lowest BCUT2D eigenvalue weighted by Gasteiger charge is -2.44. The molecule has 0 bridgehead atoms. The molecule has 2 heterocycles. The van der Waals surface area contributed by atoms with Crippen molar-refractivity contribution in [3.05, 3.63) is 0 Å². The molecule has 7 heteroatoms. The highest BCUT2D eigenvalue weighted by Gasteiger charge is 2.36. The fourth-order valence-corrected chi connectivity index (χ4v) is 3.69. The largest absolute Gasteiger partial charge is 0.343 e. The molecule has 0 aromatic rings. The quantitative estimate of drug-likeness (QED) is 0.807. The SMILES string of the molecule is CN(CCC(=O)N1CCC2(CCNCC2)CC1)S(C)(=O)=O. The van der Waals surface area contributed by atoms with Crippen molar-refractivity contribution in [1.82, 2.24) is 14.5 Å². The van der Waals surface area contributed by atoms with Crippen LogP contribution in [-0.4, -0.2) is 69.6 Å². The molecule has 0 aliphatic carbocycles. The molecule has 1 spiro atoms. The van der Waals surface area contributed by atoms with Gasteiger partial charge in [0.05, 0.1) is 6.26 Å². The van der Waals surface area contributed by atoms with E-state index in [2.05, 4.69) is 5.32 Å². The van der Waals surface area contributed by atoms with Gasteiger partial charge in [0.1, 0.15) is 0 Å². The van der Waals surface area contributed by atoms with Gasteiger partial charge in [-0.05, 0) is 44.2 Å². The van der Waals surface area contributed by atoms with E-state index in [0.717, 1.165) is 39.0 Å². The predicted molar refractivity (Wildman–Crippen MR) is 82.4 cm³/mol. The van der Waals surface area contributed by atoms with Crippen LogP contribution in [0.2, 0.25) is 0 Å². The van der Waals surface area contributed by atoms with Crippen LogP contribution in [0, 0.1) is 5.41 Å². The number of nitrogens with one attached hydrogen (secondary N) is 1. The van der Waals surface area contributed by atoms with E-state index in [1.54, 1.807) is 0 Å². The first kappa shape index (κ1) is 16.7. The second-order valence-corrected chi connectivity index (χ2v) is 8.55. The van der Waals surface area contributed by atoms with Crippen molar-refractivity contribution in [3.63, 3.8) is 0 Å². The fourth-order valence-electron chi connectivity index (χ4n) is 3.26. The molecule has 0 atom stereocenters. The minimum atomic E-state index is -3.20. The van der Waals surface area contributed by atoms with Crippen molar-refractivity contribution >= 4 is 15.9 Å². The van der Waals surface area contributed by atoms with Crippen molar-refractivity contribution in [2.45, 2.75) is 32.1 Å². The molecule has 6 nitrogen and oxygen atoms in total. The summed E-state index contributed by atoms with van der Waals surface area (Å²) >= 11 is 0. The minimum Gasteiger partial charge on any atom is -0.343 e.